The summed E-state index contributed by atoms with van der Waals surface area (Å²) < 4.78 is 0. The van der Waals surface area contributed by atoms with Gasteiger partial charge in [0.15, 0.2) is 5.82 Å². The number of unbranched alkanes of at least 4 members (excludes halogenated alkanes) is 1. The van der Waals surface area contributed by atoms with Crippen LogP contribution >= 0.6 is 0 Å². The lowest BCUT2D eigenvalue weighted by atomic mass is 10.3. The molecule has 0 amide bonds. The fourth-order valence-corrected chi connectivity index (χ4v) is 1.36. The molecule has 0 atom stereocenters. The Bertz CT molecular complexity index is 297. The molecule has 14 heavy (non-hydrogen) atoms. The number of nitrogens with two attached hydrogens (primary N) is 1. The van der Waals surface area contributed by atoms with Gasteiger partial charge < -0.3 is 10.6 Å². The Kier molecular flexibility index (Phi) is 3.74. The van der Waals surface area contributed by atoms with Crippen LogP contribution in [0.5, 0.6) is 0 Å². The van der Waals surface area contributed by atoms with Gasteiger partial charge in [0.1, 0.15) is 0 Å². The first-order valence-corrected chi connectivity index (χ1v) is 5.09. The van der Waals surface area contributed by atoms with E-state index in [1.54, 1.807) is 0 Å². The molecule has 1 heterocycles. The number of anilines is 2. The van der Waals surface area contributed by atoms with Crippen molar-refractivity contribution < 1.29 is 0 Å². The Morgan fingerprint density at radius 2 is 2.14 bits per heavy atom. The molecule has 0 radical (unpaired) electrons. The SMILES string of the molecule is CCCCN(C)c1nc(C)ccc1N. The summed E-state index contributed by atoms with van der Waals surface area (Å²) in [5.41, 5.74) is 7.63. The predicted octanol–water partition coefficient (Wildman–Crippen LogP) is 2.21. The minimum atomic E-state index is 0.759. The first-order chi connectivity index (χ1) is 6.65. The van der Waals surface area contributed by atoms with E-state index in [1.165, 1.54) is 12.8 Å². The molecule has 0 unspecified atom stereocenters. The largest absolute Gasteiger partial charge is 0.396 e. The average molecular weight is 193 g/mol. The lowest BCUT2D eigenvalue weighted by Crippen LogP contribution is -2.21. The summed E-state index contributed by atoms with van der Waals surface area (Å²) in [5, 5.41) is 0. The number of aryl methyl sites for hydroxylation is 1. The van der Waals surface area contributed by atoms with Gasteiger partial charge in [-0.25, -0.2) is 4.98 Å². The Labute approximate surface area is 85.9 Å². The van der Waals surface area contributed by atoms with E-state index in [9.17, 15) is 0 Å². The number of aromatic nitrogens is 1. The second-order valence-electron chi connectivity index (χ2n) is 3.64. The molecular weight excluding hydrogens is 174 g/mol. The van der Waals surface area contributed by atoms with Gasteiger partial charge in [0.2, 0.25) is 0 Å². The zero-order valence-corrected chi connectivity index (χ0v) is 9.25. The third-order valence-corrected chi connectivity index (χ3v) is 2.25. The highest BCUT2D eigenvalue weighted by Gasteiger charge is 2.05. The molecule has 2 N–H and O–H groups in total. The quantitative estimate of drug-likeness (QED) is 0.797. The van der Waals surface area contributed by atoms with Crippen molar-refractivity contribution in [2.75, 3.05) is 24.2 Å². The normalized spacial score (nSPS) is 10.2. The predicted molar refractivity (Wildman–Crippen MR) is 61.6 cm³/mol. The molecule has 1 rings (SSSR count). The molecule has 0 bridgehead atoms. The fraction of sp³-hybridized carbons (Fsp3) is 0.545. The van der Waals surface area contributed by atoms with E-state index < -0.39 is 0 Å². The molecule has 78 valence electrons. The van der Waals surface area contributed by atoms with Crippen LogP contribution in [0.2, 0.25) is 0 Å². The van der Waals surface area contributed by atoms with Crippen LogP contribution in [0.4, 0.5) is 11.5 Å². The highest BCUT2D eigenvalue weighted by molar-refractivity contribution is 5.62. The van der Waals surface area contributed by atoms with Crippen molar-refractivity contribution in [2.45, 2.75) is 26.7 Å². The van der Waals surface area contributed by atoms with Crippen LogP contribution in [0.1, 0.15) is 25.5 Å². The van der Waals surface area contributed by atoms with Crippen molar-refractivity contribution in [1.82, 2.24) is 4.98 Å². The van der Waals surface area contributed by atoms with Crippen molar-refractivity contribution in [1.29, 1.82) is 0 Å². The zero-order valence-electron chi connectivity index (χ0n) is 9.25. The molecule has 0 aliphatic heterocycles. The van der Waals surface area contributed by atoms with Crippen LogP contribution in [0.25, 0.3) is 0 Å². The minimum absolute atomic E-state index is 0.759. The van der Waals surface area contributed by atoms with Gasteiger partial charge in [-0.05, 0) is 25.5 Å². The van der Waals surface area contributed by atoms with E-state index in [0.717, 1.165) is 23.7 Å². The summed E-state index contributed by atoms with van der Waals surface area (Å²) in [6.07, 6.45) is 2.36. The van der Waals surface area contributed by atoms with Gasteiger partial charge in [-0.3, -0.25) is 0 Å². The van der Waals surface area contributed by atoms with E-state index in [0.29, 0.717) is 0 Å². The number of pyridine rings is 1. The third-order valence-electron chi connectivity index (χ3n) is 2.25. The Morgan fingerprint density at radius 3 is 2.79 bits per heavy atom. The summed E-state index contributed by atoms with van der Waals surface area (Å²) in [4.78, 5) is 6.54. The maximum absolute atomic E-state index is 5.86. The maximum Gasteiger partial charge on any atom is 0.151 e. The molecule has 1 aromatic rings. The van der Waals surface area contributed by atoms with Crippen molar-refractivity contribution in [2.24, 2.45) is 0 Å². The average Bonchev–Trinajstić information content (AvgIpc) is 2.18. The van der Waals surface area contributed by atoms with Crippen LogP contribution in [0, 0.1) is 6.92 Å². The number of hydrogen-bond acceptors (Lipinski definition) is 3. The molecular formula is C11H19N3. The molecule has 3 heteroatoms. The topological polar surface area (TPSA) is 42.2 Å². The van der Waals surface area contributed by atoms with Crippen LogP contribution < -0.4 is 10.6 Å². The summed E-state index contributed by atoms with van der Waals surface area (Å²) in [7, 11) is 2.04. The second-order valence-corrected chi connectivity index (χ2v) is 3.64. The molecule has 0 aliphatic rings. The molecule has 3 nitrogen and oxygen atoms in total. The Balaban J connectivity index is 2.77. The van der Waals surface area contributed by atoms with Gasteiger partial charge in [0.05, 0.1) is 5.69 Å². The van der Waals surface area contributed by atoms with E-state index in [-0.39, 0.29) is 0 Å². The van der Waals surface area contributed by atoms with Crippen LogP contribution in [-0.4, -0.2) is 18.6 Å². The van der Waals surface area contributed by atoms with E-state index in [4.69, 9.17) is 5.73 Å². The Hall–Kier alpha value is -1.25. The molecule has 0 saturated carbocycles. The summed E-state index contributed by atoms with van der Waals surface area (Å²) in [6, 6.07) is 3.85. The van der Waals surface area contributed by atoms with Crippen LogP contribution in [0.3, 0.4) is 0 Å². The van der Waals surface area contributed by atoms with E-state index in [1.807, 2.05) is 26.1 Å². The molecule has 0 saturated heterocycles. The number of rotatable bonds is 4. The second kappa shape index (κ2) is 4.84. The highest BCUT2D eigenvalue weighted by atomic mass is 15.2. The molecule has 1 aromatic heterocycles. The standard InChI is InChI=1S/C11H19N3/c1-4-5-8-14(3)11-10(12)7-6-9(2)13-11/h6-7H,4-5,8,12H2,1-3H3. The molecule has 0 fully saturated rings. The van der Waals surface area contributed by atoms with E-state index >= 15 is 0 Å². The molecule has 0 aromatic carbocycles. The number of hydrogen-bond donors (Lipinski definition) is 1. The summed E-state index contributed by atoms with van der Waals surface area (Å²) in [6.45, 7) is 5.18. The third kappa shape index (κ3) is 2.62. The first kappa shape index (κ1) is 10.8. The number of nitrogens with zero attached hydrogens (tertiary/aromatic N) is 2. The minimum Gasteiger partial charge on any atom is -0.396 e. The van der Waals surface area contributed by atoms with Gasteiger partial charge in [-0.15, -0.1) is 0 Å². The van der Waals surface area contributed by atoms with Crippen molar-refractivity contribution >= 4 is 11.5 Å². The smallest absolute Gasteiger partial charge is 0.151 e. The lowest BCUT2D eigenvalue weighted by Gasteiger charge is -2.19. The van der Waals surface area contributed by atoms with Crippen molar-refractivity contribution in [3.63, 3.8) is 0 Å². The van der Waals surface area contributed by atoms with Crippen molar-refractivity contribution in [3.05, 3.63) is 17.8 Å². The van der Waals surface area contributed by atoms with Crippen LogP contribution in [0.15, 0.2) is 12.1 Å². The Morgan fingerprint density at radius 1 is 1.43 bits per heavy atom. The van der Waals surface area contributed by atoms with Gasteiger partial charge in [0, 0.05) is 19.3 Å². The van der Waals surface area contributed by atoms with Gasteiger partial charge >= 0.3 is 0 Å². The number of nitrogen functional groups attached to an aromatic ring is 1. The van der Waals surface area contributed by atoms with E-state index in [2.05, 4.69) is 16.8 Å². The van der Waals surface area contributed by atoms with Crippen LogP contribution in [-0.2, 0) is 0 Å². The molecule has 0 spiro atoms. The summed E-state index contributed by atoms with van der Waals surface area (Å²) >= 11 is 0. The fourth-order valence-electron chi connectivity index (χ4n) is 1.36. The molecule has 0 aliphatic carbocycles. The van der Waals surface area contributed by atoms with Gasteiger partial charge in [-0.2, -0.15) is 0 Å². The monoisotopic (exact) mass is 193 g/mol. The summed E-state index contributed by atoms with van der Waals surface area (Å²) in [5.74, 6) is 0.901. The van der Waals surface area contributed by atoms with Crippen molar-refractivity contribution in [3.8, 4) is 0 Å². The zero-order chi connectivity index (χ0) is 10.6. The maximum atomic E-state index is 5.86. The highest BCUT2D eigenvalue weighted by Crippen LogP contribution is 2.19. The van der Waals surface area contributed by atoms with Gasteiger partial charge in [0.25, 0.3) is 0 Å². The first-order valence-electron chi connectivity index (χ1n) is 5.09. The lowest BCUT2D eigenvalue weighted by molar-refractivity contribution is 0.759. The van der Waals surface area contributed by atoms with Gasteiger partial charge in [-0.1, -0.05) is 13.3 Å².